The normalized spacial score (nSPS) is 14.2. The van der Waals surface area contributed by atoms with Crippen LogP contribution in [0.1, 0.15) is 28.8 Å². The van der Waals surface area contributed by atoms with Gasteiger partial charge in [0.15, 0.2) is 0 Å². The Labute approximate surface area is 133 Å². The third-order valence-electron chi connectivity index (χ3n) is 4.41. The average Bonchev–Trinajstić information content (AvgIpc) is 2.95. The number of benzene rings is 1. The minimum Gasteiger partial charge on any atom is -0.298 e. The van der Waals surface area contributed by atoms with Crippen LogP contribution in [0.2, 0.25) is 0 Å². The first-order chi connectivity index (χ1) is 10.8. The molecule has 0 spiro atoms. The number of hydrogen-bond donors (Lipinski definition) is 0. The van der Waals surface area contributed by atoms with Gasteiger partial charge in [-0.25, -0.2) is 4.98 Å². The summed E-state index contributed by atoms with van der Waals surface area (Å²) >= 11 is 1.67. The topological polar surface area (TPSA) is 34.9 Å². The highest BCUT2D eigenvalue weighted by molar-refractivity contribution is 7.19. The van der Waals surface area contributed by atoms with E-state index in [4.69, 9.17) is 0 Å². The molecule has 0 N–H and O–H groups in total. The molecular weight excluding hydrogens is 292 g/mol. The van der Waals surface area contributed by atoms with Crippen molar-refractivity contribution >= 4 is 21.6 Å². The van der Waals surface area contributed by atoms with Crippen LogP contribution in [0.4, 0.5) is 0 Å². The Balaban J connectivity index is 1.68. The third-order valence-corrected chi connectivity index (χ3v) is 5.68. The van der Waals surface area contributed by atoms with Gasteiger partial charge in [0.05, 0.1) is 11.8 Å². The molecule has 1 aliphatic carbocycles. The van der Waals surface area contributed by atoms with Crippen molar-refractivity contribution in [1.82, 2.24) is 9.55 Å². The molecule has 22 heavy (non-hydrogen) atoms. The van der Waals surface area contributed by atoms with Gasteiger partial charge in [0, 0.05) is 11.4 Å². The zero-order valence-corrected chi connectivity index (χ0v) is 13.2. The lowest BCUT2D eigenvalue weighted by Crippen LogP contribution is -2.20. The van der Waals surface area contributed by atoms with Gasteiger partial charge in [0.2, 0.25) is 0 Å². The average molecular weight is 310 g/mol. The number of aryl methyl sites for hydroxylation is 4. The van der Waals surface area contributed by atoms with Gasteiger partial charge in [0.25, 0.3) is 5.56 Å². The number of nitrogens with zero attached hydrogens (tertiary/aromatic N) is 2. The van der Waals surface area contributed by atoms with Gasteiger partial charge in [-0.2, -0.15) is 0 Å². The van der Waals surface area contributed by atoms with Crippen LogP contribution in [-0.4, -0.2) is 9.55 Å². The molecule has 4 heteroatoms. The van der Waals surface area contributed by atoms with Crippen LogP contribution in [0.25, 0.3) is 10.2 Å². The second kappa shape index (κ2) is 5.69. The molecule has 0 bridgehead atoms. The zero-order valence-electron chi connectivity index (χ0n) is 12.4. The van der Waals surface area contributed by atoms with Gasteiger partial charge in [-0.1, -0.05) is 30.3 Å². The van der Waals surface area contributed by atoms with Crippen molar-refractivity contribution in [3.63, 3.8) is 0 Å². The van der Waals surface area contributed by atoms with Crippen LogP contribution in [-0.2, 0) is 25.8 Å². The first-order valence-electron chi connectivity index (χ1n) is 7.86. The molecule has 3 aromatic rings. The molecular formula is C18H18N2OS. The Hall–Kier alpha value is -1.94. The van der Waals surface area contributed by atoms with Crippen LogP contribution < -0.4 is 5.56 Å². The van der Waals surface area contributed by atoms with Crippen LogP contribution >= 0.6 is 11.3 Å². The smallest absolute Gasteiger partial charge is 0.271 e. The number of fused-ring (bicyclic) bond motifs is 3. The maximum Gasteiger partial charge on any atom is 0.271 e. The second-order valence-corrected chi connectivity index (χ2v) is 6.97. The highest BCUT2D eigenvalue weighted by atomic mass is 32.1. The van der Waals surface area contributed by atoms with Gasteiger partial charge in [-0.05, 0) is 43.2 Å². The predicted octanol–water partition coefficient (Wildman–Crippen LogP) is 3.58. The van der Waals surface area contributed by atoms with Crippen molar-refractivity contribution in [1.29, 1.82) is 0 Å². The minimum absolute atomic E-state index is 0.125. The van der Waals surface area contributed by atoms with E-state index in [0.717, 1.165) is 29.5 Å². The Morgan fingerprint density at radius 1 is 1.14 bits per heavy atom. The summed E-state index contributed by atoms with van der Waals surface area (Å²) in [6, 6.07) is 10.3. The molecule has 1 aliphatic rings. The lowest BCUT2D eigenvalue weighted by molar-refractivity contribution is 0.662. The van der Waals surface area contributed by atoms with Crippen molar-refractivity contribution in [2.24, 2.45) is 0 Å². The molecule has 0 aliphatic heterocycles. The highest BCUT2D eigenvalue weighted by Crippen LogP contribution is 2.33. The lowest BCUT2D eigenvalue weighted by atomic mass is 9.98. The molecule has 0 atom stereocenters. The molecule has 0 saturated carbocycles. The molecule has 3 nitrogen and oxygen atoms in total. The van der Waals surface area contributed by atoms with Gasteiger partial charge in [-0.15, -0.1) is 11.3 Å². The zero-order chi connectivity index (χ0) is 14.9. The van der Waals surface area contributed by atoms with Crippen molar-refractivity contribution in [2.75, 3.05) is 0 Å². The van der Waals surface area contributed by atoms with Crippen molar-refractivity contribution in [3.8, 4) is 0 Å². The SMILES string of the molecule is O=c1c2sc3c(c2ncn1CCc1ccccc1)CCCC3. The number of hydrogen-bond acceptors (Lipinski definition) is 3. The van der Waals surface area contributed by atoms with E-state index in [2.05, 4.69) is 17.1 Å². The fourth-order valence-corrected chi connectivity index (χ4v) is 4.49. The summed E-state index contributed by atoms with van der Waals surface area (Å²) in [7, 11) is 0. The first-order valence-corrected chi connectivity index (χ1v) is 8.68. The molecule has 0 amide bonds. The molecule has 2 heterocycles. The molecule has 1 aromatic carbocycles. The summed E-state index contributed by atoms with van der Waals surface area (Å²) in [5.41, 5.74) is 3.67. The molecule has 0 unspecified atom stereocenters. The Kier molecular flexibility index (Phi) is 3.54. The minimum atomic E-state index is 0.125. The van der Waals surface area contributed by atoms with Gasteiger partial charge in [0.1, 0.15) is 4.70 Å². The quantitative estimate of drug-likeness (QED) is 0.741. The summed E-state index contributed by atoms with van der Waals surface area (Å²) in [6.07, 6.45) is 7.24. The highest BCUT2D eigenvalue weighted by Gasteiger charge is 2.19. The number of aromatic nitrogens is 2. The van der Waals surface area contributed by atoms with E-state index in [-0.39, 0.29) is 5.56 Å². The summed E-state index contributed by atoms with van der Waals surface area (Å²) < 4.78 is 2.61. The lowest BCUT2D eigenvalue weighted by Gasteiger charge is -2.09. The summed E-state index contributed by atoms with van der Waals surface area (Å²) in [4.78, 5) is 18.7. The van der Waals surface area contributed by atoms with Crippen LogP contribution in [0.3, 0.4) is 0 Å². The molecule has 112 valence electrons. The second-order valence-electron chi connectivity index (χ2n) is 5.87. The predicted molar refractivity (Wildman–Crippen MR) is 90.7 cm³/mol. The van der Waals surface area contributed by atoms with E-state index >= 15 is 0 Å². The maximum atomic E-state index is 12.7. The van der Waals surface area contributed by atoms with Crippen LogP contribution in [0, 0.1) is 0 Å². The van der Waals surface area contributed by atoms with Gasteiger partial charge >= 0.3 is 0 Å². The third kappa shape index (κ3) is 2.37. The largest absolute Gasteiger partial charge is 0.298 e. The molecule has 0 saturated heterocycles. The van der Waals surface area contributed by atoms with E-state index in [1.165, 1.54) is 28.8 Å². The van der Waals surface area contributed by atoms with Crippen LogP contribution in [0.15, 0.2) is 41.5 Å². The van der Waals surface area contributed by atoms with Gasteiger partial charge < -0.3 is 0 Å². The van der Waals surface area contributed by atoms with E-state index in [9.17, 15) is 4.79 Å². The van der Waals surface area contributed by atoms with E-state index < -0.39 is 0 Å². The standard InChI is InChI=1S/C18H18N2OS/c21-18-17-16(14-8-4-5-9-15(14)22-17)19-12-20(18)11-10-13-6-2-1-3-7-13/h1-3,6-7,12H,4-5,8-11H2. The first kappa shape index (κ1) is 13.7. The van der Waals surface area contributed by atoms with Crippen molar-refractivity contribution in [2.45, 2.75) is 38.6 Å². The summed E-state index contributed by atoms with van der Waals surface area (Å²) in [6.45, 7) is 0.689. The summed E-state index contributed by atoms with van der Waals surface area (Å²) in [5, 5.41) is 0. The molecule has 0 radical (unpaired) electrons. The van der Waals surface area contributed by atoms with Crippen molar-refractivity contribution in [3.05, 3.63) is 63.0 Å². The Morgan fingerprint density at radius 3 is 2.82 bits per heavy atom. The molecule has 2 aromatic heterocycles. The Morgan fingerprint density at radius 2 is 1.95 bits per heavy atom. The van der Waals surface area contributed by atoms with E-state index in [1.54, 1.807) is 22.2 Å². The van der Waals surface area contributed by atoms with E-state index in [1.807, 2.05) is 18.2 Å². The molecule has 0 fully saturated rings. The fourth-order valence-electron chi connectivity index (χ4n) is 3.19. The number of thiophene rings is 1. The Bertz CT molecular complexity index is 864. The van der Waals surface area contributed by atoms with Crippen molar-refractivity contribution < 1.29 is 0 Å². The van der Waals surface area contributed by atoms with Crippen LogP contribution in [0.5, 0.6) is 0 Å². The van der Waals surface area contributed by atoms with E-state index in [0.29, 0.717) is 6.54 Å². The monoisotopic (exact) mass is 310 g/mol. The van der Waals surface area contributed by atoms with Gasteiger partial charge in [-0.3, -0.25) is 9.36 Å². The summed E-state index contributed by atoms with van der Waals surface area (Å²) in [5.74, 6) is 0. The molecule has 4 rings (SSSR count). The fraction of sp³-hybridized carbons (Fsp3) is 0.333. The number of rotatable bonds is 3. The maximum absolute atomic E-state index is 12.7.